The van der Waals surface area contributed by atoms with Crippen molar-refractivity contribution in [2.75, 3.05) is 19.8 Å². The third kappa shape index (κ3) is 8.71. The highest BCUT2D eigenvalue weighted by molar-refractivity contribution is 5.87. The molecule has 1 rings (SSSR count). The van der Waals surface area contributed by atoms with Crippen molar-refractivity contribution in [3.63, 3.8) is 0 Å². The van der Waals surface area contributed by atoms with Gasteiger partial charge in [-0.1, -0.05) is 31.9 Å². The van der Waals surface area contributed by atoms with Crippen LogP contribution in [0.15, 0.2) is 72.3 Å². The van der Waals surface area contributed by atoms with Crippen molar-refractivity contribution < 1.29 is 23.7 Å². The van der Waals surface area contributed by atoms with Crippen LogP contribution in [-0.4, -0.2) is 32.1 Å². The van der Waals surface area contributed by atoms with E-state index in [0.717, 1.165) is 29.7 Å². The lowest BCUT2D eigenvalue weighted by atomic mass is 9.97. The number of carbonyl (C=O) groups excluding carboxylic acids is 1. The summed E-state index contributed by atoms with van der Waals surface area (Å²) in [5.74, 6) is 0.645. The predicted molar refractivity (Wildman–Crippen MR) is 107 cm³/mol. The average Bonchev–Trinajstić information content (AvgIpc) is 2.64. The first-order chi connectivity index (χ1) is 12.9. The van der Waals surface area contributed by atoms with E-state index in [2.05, 4.69) is 19.7 Å². The van der Waals surface area contributed by atoms with Gasteiger partial charge in [-0.2, -0.15) is 0 Å². The second-order valence-electron chi connectivity index (χ2n) is 5.97. The molecule has 1 aliphatic carbocycles. The fraction of sp³-hybridized carbons (Fsp3) is 0.409. The largest absolute Gasteiger partial charge is 0.493 e. The Bertz CT molecular complexity index is 646. The van der Waals surface area contributed by atoms with Gasteiger partial charge in [0.15, 0.2) is 6.29 Å². The third-order valence-corrected chi connectivity index (χ3v) is 3.68. The zero-order valence-electron chi connectivity index (χ0n) is 16.6. The third-order valence-electron chi connectivity index (χ3n) is 3.68. The maximum Gasteiger partial charge on any atom is 0.338 e. The Balaban J connectivity index is 2.54. The van der Waals surface area contributed by atoms with Crippen LogP contribution in [-0.2, 0) is 23.7 Å². The molecule has 0 heterocycles. The van der Waals surface area contributed by atoms with E-state index in [1.54, 1.807) is 19.1 Å². The molecule has 148 valence electrons. The SMILES string of the molecule is C=C(/C=C\C(=C)C1=CC=C(OCC(OCC)OCC)CC1)OC(=O)C(=C)C. The van der Waals surface area contributed by atoms with Crippen LogP contribution in [0.2, 0.25) is 0 Å². The van der Waals surface area contributed by atoms with Crippen molar-refractivity contribution in [2.45, 2.75) is 39.9 Å². The number of hydrogen-bond donors (Lipinski definition) is 0. The molecule has 0 saturated carbocycles. The first-order valence-electron chi connectivity index (χ1n) is 9.07. The van der Waals surface area contributed by atoms with Crippen LogP contribution in [0.1, 0.15) is 33.6 Å². The fourth-order valence-electron chi connectivity index (χ4n) is 2.24. The standard InChI is InChI=1S/C22H30O5/c1-7-24-21(25-8-2)15-26-20-13-11-19(12-14-20)17(5)9-10-18(6)27-22(23)16(3)4/h9-11,13,21H,3,5-8,12,14-15H2,1-2,4H3/b10-9-. The summed E-state index contributed by atoms with van der Waals surface area (Å²) in [6.45, 7) is 18.2. The van der Waals surface area contributed by atoms with E-state index < -0.39 is 5.97 Å². The molecule has 0 fully saturated rings. The molecule has 0 bridgehead atoms. The van der Waals surface area contributed by atoms with Crippen molar-refractivity contribution in [1.82, 2.24) is 0 Å². The van der Waals surface area contributed by atoms with E-state index >= 15 is 0 Å². The molecule has 0 N–H and O–H groups in total. The van der Waals surface area contributed by atoms with Gasteiger partial charge in [-0.25, -0.2) is 4.79 Å². The quantitative estimate of drug-likeness (QED) is 0.162. The van der Waals surface area contributed by atoms with Gasteiger partial charge in [-0.15, -0.1) is 0 Å². The van der Waals surface area contributed by atoms with Crippen LogP contribution in [0.5, 0.6) is 0 Å². The summed E-state index contributed by atoms with van der Waals surface area (Å²) in [6.07, 6.45) is 8.54. The van der Waals surface area contributed by atoms with Gasteiger partial charge in [0.1, 0.15) is 12.4 Å². The minimum Gasteiger partial charge on any atom is -0.493 e. The van der Waals surface area contributed by atoms with E-state index in [1.807, 2.05) is 26.0 Å². The highest BCUT2D eigenvalue weighted by Gasteiger charge is 2.13. The van der Waals surface area contributed by atoms with Gasteiger partial charge in [0.25, 0.3) is 0 Å². The molecule has 0 aliphatic heterocycles. The van der Waals surface area contributed by atoms with Gasteiger partial charge in [-0.3, -0.25) is 0 Å². The van der Waals surface area contributed by atoms with Crippen molar-refractivity contribution >= 4 is 5.97 Å². The topological polar surface area (TPSA) is 54.0 Å². The Morgan fingerprint density at radius 2 is 1.78 bits per heavy atom. The number of hydrogen-bond acceptors (Lipinski definition) is 5. The average molecular weight is 374 g/mol. The van der Waals surface area contributed by atoms with Gasteiger partial charge < -0.3 is 18.9 Å². The first kappa shape index (κ1) is 22.7. The van der Waals surface area contributed by atoms with Crippen LogP contribution in [0.25, 0.3) is 0 Å². The van der Waals surface area contributed by atoms with Gasteiger partial charge in [-0.05, 0) is 50.5 Å². The lowest BCUT2D eigenvalue weighted by Crippen LogP contribution is -2.23. The van der Waals surface area contributed by atoms with Crippen molar-refractivity contribution in [2.24, 2.45) is 0 Å². The molecule has 1 aliphatic rings. The van der Waals surface area contributed by atoms with E-state index in [4.69, 9.17) is 18.9 Å². The minimum atomic E-state index is -0.491. The Hall–Kier alpha value is -2.37. The molecule has 0 aromatic carbocycles. The number of ether oxygens (including phenoxy) is 4. The van der Waals surface area contributed by atoms with E-state index in [1.165, 1.54) is 0 Å². The van der Waals surface area contributed by atoms with E-state index in [0.29, 0.717) is 25.4 Å². The van der Waals surface area contributed by atoms with Crippen molar-refractivity contribution in [3.05, 3.63) is 72.3 Å². The lowest BCUT2D eigenvalue weighted by molar-refractivity contribution is -0.160. The second kappa shape index (κ2) is 12.1. The second-order valence-corrected chi connectivity index (χ2v) is 5.97. The molecule has 0 unspecified atom stereocenters. The van der Waals surface area contributed by atoms with Gasteiger partial charge in [0, 0.05) is 25.2 Å². The van der Waals surface area contributed by atoms with Crippen LogP contribution < -0.4 is 0 Å². The maximum absolute atomic E-state index is 11.4. The Morgan fingerprint density at radius 3 is 2.30 bits per heavy atom. The highest BCUT2D eigenvalue weighted by Crippen LogP contribution is 2.25. The van der Waals surface area contributed by atoms with Crippen molar-refractivity contribution in [3.8, 4) is 0 Å². The number of rotatable bonds is 12. The lowest BCUT2D eigenvalue weighted by Gasteiger charge is -2.20. The molecule has 5 nitrogen and oxygen atoms in total. The van der Waals surface area contributed by atoms with E-state index in [-0.39, 0.29) is 12.0 Å². The summed E-state index contributed by atoms with van der Waals surface area (Å²) in [4.78, 5) is 11.4. The molecule has 0 saturated heterocycles. The van der Waals surface area contributed by atoms with Crippen LogP contribution in [0.3, 0.4) is 0 Å². The highest BCUT2D eigenvalue weighted by atomic mass is 16.7. The zero-order chi connectivity index (χ0) is 20.2. The normalized spacial score (nSPS) is 13.9. The van der Waals surface area contributed by atoms with E-state index in [9.17, 15) is 4.79 Å². The molecule has 0 aromatic rings. The molecular weight excluding hydrogens is 344 g/mol. The predicted octanol–water partition coefficient (Wildman–Crippen LogP) is 4.75. The molecular formula is C22H30O5. The number of allylic oxidation sites excluding steroid dienone is 7. The summed E-state index contributed by atoms with van der Waals surface area (Å²) in [6, 6.07) is 0. The molecule has 27 heavy (non-hydrogen) atoms. The molecule has 0 amide bonds. The van der Waals surface area contributed by atoms with Crippen LogP contribution in [0.4, 0.5) is 0 Å². The van der Waals surface area contributed by atoms with Gasteiger partial charge in [0.2, 0.25) is 0 Å². The van der Waals surface area contributed by atoms with Gasteiger partial charge in [0.05, 0.1) is 5.76 Å². The summed E-state index contributed by atoms with van der Waals surface area (Å²) in [5, 5.41) is 0. The monoisotopic (exact) mass is 374 g/mol. The number of esters is 1. The Morgan fingerprint density at radius 1 is 1.11 bits per heavy atom. The van der Waals surface area contributed by atoms with Crippen molar-refractivity contribution in [1.29, 1.82) is 0 Å². The first-order valence-corrected chi connectivity index (χ1v) is 9.07. The molecule has 0 spiro atoms. The fourth-order valence-corrected chi connectivity index (χ4v) is 2.24. The van der Waals surface area contributed by atoms with Crippen LogP contribution >= 0.6 is 0 Å². The summed E-state index contributed by atoms with van der Waals surface area (Å²) < 4.78 is 21.7. The number of carbonyl (C=O) groups is 1. The molecule has 0 aromatic heterocycles. The summed E-state index contributed by atoms with van der Waals surface area (Å²) >= 11 is 0. The maximum atomic E-state index is 11.4. The Labute approximate surface area is 162 Å². The Kier molecular flexibility index (Phi) is 10.2. The zero-order valence-corrected chi connectivity index (χ0v) is 16.6. The summed E-state index contributed by atoms with van der Waals surface area (Å²) in [7, 11) is 0. The molecule has 0 radical (unpaired) electrons. The summed E-state index contributed by atoms with van der Waals surface area (Å²) in [5.41, 5.74) is 2.25. The molecule has 0 atom stereocenters. The smallest absolute Gasteiger partial charge is 0.338 e. The van der Waals surface area contributed by atoms with Gasteiger partial charge >= 0.3 is 5.97 Å². The van der Waals surface area contributed by atoms with Crippen LogP contribution in [0, 0.1) is 0 Å². The molecule has 5 heteroatoms. The minimum absolute atomic E-state index is 0.248.